The smallest absolute Gasteiger partial charge is 0.247 e. The molecule has 34 heavy (non-hydrogen) atoms. The number of aromatic nitrogens is 2. The highest BCUT2D eigenvalue weighted by atomic mass is 32.2. The van der Waals surface area contributed by atoms with E-state index in [9.17, 15) is 8.42 Å². The lowest BCUT2D eigenvalue weighted by molar-refractivity contribution is 0.129. The summed E-state index contributed by atoms with van der Waals surface area (Å²) in [5, 5.41) is 8.43. The van der Waals surface area contributed by atoms with Gasteiger partial charge in [0, 0.05) is 44.2 Å². The SMILES string of the molecule is Cc1ccc(-c2nnc([C@H](C)N3CCN(S(=O)(=O)c4ccc5c(c4)OCCCO5)CC3)o2)cc1. The number of benzene rings is 2. The summed E-state index contributed by atoms with van der Waals surface area (Å²) >= 11 is 0. The van der Waals surface area contributed by atoms with Gasteiger partial charge < -0.3 is 13.9 Å². The molecule has 3 aromatic rings. The number of hydrogen-bond acceptors (Lipinski definition) is 8. The van der Waals surface area contributed by atoms with Gasteiger partial charge in [-0.05, 0) is 38.1 Å². The standard InChI is InChI=1S/C24H28N4O5S/c1-17-4-6-19(7-5-17)24-26-25-23(33-24)18(2)27-10-12-28(13-11-27)34(29,30)20-8-9-21-22(16-20)32-15-3-14-31-21/h4-9,16,18H,3,10-15H2,1-2H3/t18-/m0/s1. The topological polar surface area (TPSA) is 98.0 Å². The monoisotopic (exact) mass is 484 g/mol. The van der Waals surface area contributed by atoms with Crippen LogP contribution in [0.25, 0.3) is 11.5 Å². The van der Waals surface area contributed by atoms with Crippen LogP contribution < -0.4 is 9.47 Å². The molecule has 0 saturated carbocycles. The lowest BCUT2D eigenvalue weighted by Crippen LogP contribution is -2.49. The van der Waals surface area contributed by atoms with Crippen molar-refractivity contribution in [2.45, 2.75) is 31.2 Å². The maximum absolute atomic E-state index is 13.3. The number of sulfonamides is 1. The van der Waals surface area contributed by atoms with Crippen LogP contribution in [0, 0.1) is 6.92 Å². The average Bonchev–Trinajstić information content (AvgIpc) is 3.22. The van der Waals surface area contributed by atoms with E-state index in [1.54, 1.807) is 18.2 Å². The molecule has 1 fully saturated rings. The van der Waals surface area contributed by atoms with E-state index in [1.165, 1.54) is 4.31 Å². The highest BCUT2D eigenvalue weighted by Crippen LogP contribution is 2.33. The lowest BCUT2D eigenvalue weighted by atomic mass is 10.1. The summed E-state index contributed by atoms with van der Waals surface area (Å²) in [6.45, 7) is 6.97. The van der Waals surface area contributed by atoms with Gasteiger partial charge in [-0.2, -0.15) is 4.31 Å². The number of nitrogens with zero attached hydrogens (tertiary/aromatic N) is 4. The van der Waals surface area contributed by atoms with Crippen molar-refractivity contribution in [2.75, 3.05) is 39.4 Å². The molecule has 3 heterocycles. The van der Waals surface area contributed by atoms with E-state index in [-0.39, 0.29) is 10.9 Å². The molecule has 0 aliphatic carbocycles. The summed E-state index contributed by atoms with van der Waals surface area (Å²) in [6, 6.07) is 12.6. The van der Waals surface area contributed by atoms with Gasteiger partial charge in [0.15, 0.2) is 11.5 Å². The van der Waals surface area contributed by atoms with Gasteiger partial charge >= 0.3 is 0 Å². The minimum atomic E-state index is -3.64. The zero-order valence-corrected chi connectivity index (χ0v) is 20.1. The van der Waals surface area contributed by atoms with Crippen molar-refractivity contribution in [1.82, 2.24) is 19.4 Å². The van der Waals surface area contributed by atoms with E-state index < -0.39 is 10.0 Å². The zero-order valence-electron chi connectivity index (χ0n) is 19.3. The maximum Gasteiger partial charge on any atom is 0.247 e. The Kier molecular flexibility index (Phi) is 6.28. The molecule has 1 saturated heterocycles. The molecule has 1 atom stereocenters. The summed E-state index contributed by atoms with van der Waals surface area (Å²) in [4.78, 5) is 2.38. The third-order valence-electron chi connectivity index (χ3n) is 6.27. The Bertz CT molecular complexity index is 1250. The summed E-state index contributed by atoms with van der Waals surface area (Å²) in [6.07, 6.45) is 0.767. The van der Waals surface area contributed by atoms with Gasteiger partial charge in [-0.3, -0.25) is 4.90 Å². The van der Waals surface area contributed by atoms with Crippen LogP contribution in [0.15, 0.2) is 51.8 Å². The minimum absolute atomic E-state index is 0.116. The summed E-state index contributed by atoms with van der Waals surface area (Å²) < 4.78 is 45.3. The summed E-state index contributed by atoms with van der Waals surface area (Å²) in [7, 11) is -3.64. The Balaban J connectivity index is 1.25. The van der Waals surface area contributed by atoms with E-state index in [2.05, 4.69) is 15.1 Å². The third-order valence-corrected chi connectivity index (χ3v) is 8.17. The minimum Gasteiger partial charge on any atom is -0.490 e. The number of aryl methyl sites for hydroxylation is 1. The molecule has 0 amide bonds. The number of fused-ring (bicyclic) bond motifs is 1. The predicted octanol–water partition coefficient (Wildman–Crippen LogP) is 3.27. The van der Waals surface area contributed by atoms with Crippen molar-refractivity contribution in [1.29, 1.82) is 0 Å². The molecule has 0 spiro atoms. The van der Waals surface area contributed by atoms with E-state index in [0.29, 0.717) is 62.7 Å². The Morgan fingerprint density at radius 2 is 1.62 bits per heavy atom. The molecule has 10 heteroatoms. The third kappa shape index (κ3) is 4.53. The van der Waals surface area contributed by atoms with Gasteiger partial charge in [0.2, 0.25) is 21.8 Å². The quantitative estimate of drug-likeness (QED) is 0.544. The first-order valence-corrected chi connectivity index (χ1v) is 12.9. The number of piperazine rings is 1. The Labute approximate surface area is 199 Å². The van der Waals surface area contributed by atoms with Crippen molar-refractivity contribution >= 4 is 10.0 Å². The Morgan fingerprint density at radius 3 is 2.35 bits per heavy atom. The first-order valence-electron chi connectivity index (χ1n) is 11.5. The normalized spacial score (nSPS) is 18.4. The van der Waals surface area contributed by atoms with Gasteiger partial charge in [0.05, 0.1) is 24.2 Å². The average molecular weight is 485 g/mol. The molecule has 9 nitrogen and oxygen atoms in total. The van der Waals surface area contributed by atoms with Gasteiger partial charge in [0.1, 0.15) is 0 Å². The van der Waals surface area contributed by atoms with Gasteiger partial charge in [-0.25, -0.2) is 8.42 Å². The van der Waals surface area contributed by atoms with Crippen LogP contribution in [0.4, 0.5) is 0 Å². The molecule has 2 aliphatic rings. The molecule has 2 aromatic carbocycles. The molecule has 180 valence electrons. The van der Waals surface area contributed by atoms with Gasteiger partial charge in [-0.15, -0.1) is 10.2 Å². The largest absolute Gasteiger partial charge is 0.490 e. The number of rotatable bonds is 5. The van der Waals surface area contributed by atoms with Crippen LogP contribution in [0.3, 0.4) is 0 Å². The molecule has 0 N–H and O–H groups in total. The van der Waals surface area contributed by atoms with Crippen LogP contribution in [0.2, 0.25) is 0 Å². The molecule has 0 bridgehead atoms. The van der Waals surface area contributed by atoms with E-state index in [4.69, 9.17) is 13.9 Å². The van der Waals surface area contributed by atoms with Crippen LogP contribution >= 0.6 is 0 Å². The van der Waals surface area contributed by atoms with Crippen LogP contribution in [0.5, 0.6) is 11.5 Å². The molecular formula is C24H28N4O5S. The van der Waals surface area contributed by atoms with Crippen molar-refractivity contribution in [3.8, 4) is 23.0 Å². The summed E-state index contributed by atoms with van der Waals surface area (Å²) in [5.74, 6) is 2.07. The second-order valence-corrected chi connectivity index (χ2v) is 10.5. The molecular weight excluding hydrogens is 456 g/mol. The van der Waals surface area contributed by atoms with E-state index in [0.717, 1.165) is 17.5 Å². The zero-order chi connectivity index (χ0) is 23.7. The van der Waals surface area contributed by atoms with Crippen molar-refractivity contribution in [2.24, 2.45) is 0 Å². The van der Waals surface area contributed by atoms with Crippen LogP contribution in [0.1, 0.15) is 30.8 Å². The van der Waals surface area contributed by atoms with Crippen LogP contribution in [-0.2, 0) is 10.0 Å². The number of hydrogen-bond donors (Lipinski definition) is 0. The molecule has 1 aromatic heterocycles. The van der Waals surface area contributed by atoms with Gasteiger partial charge in [-0.1, -0.05) is 17.7 Å². The predicted molar refractivity (Wildman–Crippen MR) is 125 cm³/mol. The highest BCUT2D eigenvalue weighted by molar-refractivity contribution is 7.89. The highest BCUT2D eigenvalue weighted by Gasteiger charge is 2.32. The Hall–Kier alpha value is -2.95. The second-order valence-electron chi connectivity index (χ2n) is 8.59. The molecule has 2 aliphatic heterocycles. The maximum atomic E-state index is 13.3. The van der Waals surface area contributed by atoms with Crippen molar-refractivity contribution < 1.29 is 22.3 Å². The van der Waals surface area contributed by atoms with Crippen molar-refractivity contribution in [3.63, 3.8) is 0 Å². The lowest BCUT2D eigenvalue weighted by Gasteiger charge is -2.36. The van der Waals surface area contributed by atoms with E-state index in [1.807, 2.05) is 38.1 Å². The van der Waals surface area contributed by atoms with Gasteiger partial charge in [0.25, 0.3) is 0 Å². The van der Waals surface area contributed by atoms with Crippen molar-refractivity contribution in [3.05, 3.63) is 53.9 Å². The number of ether oxygens (including phenoxy) is 2. The molecule has 0 unspecified atom stereocenters. The fourth-order valence-corrected chi connectivity index (χ4v) is 5.59. The fourth-order valence-electron chi connectivity index (χ4n) is 4.16. The molecule has 0 radical (unpaired) electrons. The van der Waals surface area contributed by atoms with Crippen LogP contribution in [-0.4, -0.2) is 67.2 Å². The fraction of sp³-hybridized carbons (Fsp3) is 0.417. The van der Waals surface area contributed by atoms with E-state index >= 15 is 0 Å². The second kappa shape index (κ2) is 9.36. The summed E-state index contributed by atoms with van der Waals surface area (Å²) in [5.41, 5.74) is 2.04. The first-order chi connectivity index (χ1) is 16.4. The molecule has 5 rings (SSSR count). The first kappa shape index (κ1) is 22.8. The Morgan fingerprint density at radius 1 is 0.912 bits per heavy atom.